The molecule has 0 bridgehead atoms. The van der Waals surface area contributed by atoms with E-state index < -0.39 is 6.04 Å². The predicted octanol–water partition coefficient (Wildman–Crippen LogP) is 0.187. The standard InChI is InChI=1S/C15H26N4O3/c1-5-13(20)19-8-6-12(7-9-19)10-18(4)14(21)11(2)17-15(22)16-3/h5,11-12H,1,6-10H2,2-4H3,(H2,16,17,22)/t11-/m0/s1. The van der Waals surface area contributed by atoms with Gasteiger partial charge in [-0.25, -0.2) is 4.79 Å². The van der Waals surface area contributed by atoms with Gasteiger partial charge in [0.1, 0.15) is 6.04 Å². The Hall–Kier alpha value is -2.05. The van der Waals surface area contributed by atoms with E-state index in [0.717, 1.165) is 12.8 Å². The van der Waals surface area contributed by atoms with Crippen LogP contribution in [0.15, 0.2) is 12.7 Å². The van der Waals surface area contributed by atoms with Crippen LogP contribution in [-0.4, -0.2) is 67.4 Å². The van der Waals surface area contributed by atoms with Gasteiger partial charge in [-0.05, 0) is 31.8 Å². The molecule has 0 aliphatic carbocycles. The zero-order valence-electron chi connectivity index (χ0n) is 13.6. The lowest BCUT2D eigenvalue weighted by molar-refractivity contribution is -0.133. The van der Waals surface area contributed by atoms with Crippen LogP contribution >= 0.6 is 0 Å². The second kappa shape index (κ2) is 8.41. The van der Waals surface area contributed by atoms with Gasteiger partial charge in [0.25, 0.3) is 0 Å². The zero-order valence-corrected chi connectivity index (χ0v) is 13.6. The van der Waals surface area contributed by atoms with Gasteiger partial charge in [0, 0.05) is 33.7 Å². The summed E-state index contributed by atoms with van der Waals surface area (Å²) in [6.07, 6.45) is 3.07. The summed E-state index contributed by atoms with van der Waals surface area (Å²) < 4.78 is 0. The number of piperidine rings is 1. The SMILES string of the molecule is C=CC(=O)N1CCC(CN(C)C(=O)[C@H](C)NC(=O)NC)CC1. The van der Waals surface area contributed by atoms with Crippen LogP contribution in [0, 0.1) is 5.92 Å². The first-order valence-electron chi connectivity index (χ1n) is 7.53. The Bertz CT molecular complexity index is 431. The molecule has 0 spiro atoms. The second-order valence-electron chi connectivity index (χ2n) is 5.64. The van der Waals surface area contributed by atoms with E-state index in [0.29, 0.717) is 25.6 Å². The Labute approximate surface area is 131 Å². The maximum atomic E-state index is 12.2. The van der Waals surface area contributed by atoms with E-state index in [2.05, 4.69) is 17.2 Å². The number of likely N-dealkylation sites (tertiary alicyclic amines) is 1. The first-order chi connectivity index (χ1) is 10.4. The van der Waals surface area contributed by atoms with Crippen LogP contribution < -0.4 is 10.6 Å². The van der Waals surface area contributed by atoms with E-state index in [4.69, 9.17) is 0 Å². The first-order valence-corrected chi connectivity index (χ1v) is 7.53. The molecule has 0 aromatic heterocycles. The molecule has 1 saturated heterocycles. The summed E-state index contributed by atoms with van der Waals surface area (Å²) in [6, 6.07) is -0.933. The number of carbonyl (C=O) groups is 3. The molecule has 2 N–H and O–H groups in total. The van der Waals surface area contributed by atoms with Crippen LogP contribution in [0.3, 0.4) is 0 Å². The zero-order chi connectivity index (χ0) is 16.7. The quantitative estimate of drug-likeness (QED) is 0.711. The number of nitrogens with zero attached hydrogens (tertiary/aromatic N) is 2. The lowest BCUT2D eigenvalue weighted by atomic mass is 9.96. The summed E-state index contributed by atoms with van der Waals surface area (Å²) in [5.41, 5.74) is 0. The summed E-state index contributed by atoms with van der Waals surface area (Å²) in [4.78, 5) is 38.4. The fourth-order valence-electron chi connectivity index (χ4n) is 2.60. The number of hydrogen-bond acceptors (Lipinski definition) is 3. The van der Waals surface area contributed by atoms with Gasteiger partial charge in [-0.15, -0.1) is 0 Å². The van der Waals surface area contributed by atoms with Crippen LogP contribution in [0.1, 0.15) is 19.8 Å². The number of hydrogen-bond donors (Lipinski definition) is 2. The van der Waals surface area contributed by atoms with Crippen molar-refractivity contribution >= 4 is 17.8 Å². The highest BCUT2D eigenvalue weighted by molar-refractivity contribution is 5.87. The normalized spacial score (nSPS) is 16.6. The summed E-state index contributed by atoms with van der Waals surface area (Å²) >= 11 is 0. The minimum Gasteiger partial charge on any atom is -0.344 e. The third kappa shape index (κ3) is 5.05. The second-order valence-corrected chi connectivity index (χ2v) is 5.64. The monoisotopic (exact) mass is 310 g/mol. The molecule has 1 rings (SSSR count). The average molecular weight is 310 g/mol. The van der Waals surface area contributed by atoms with Crippen molar-refractivity contribution < 1.29 is 14.4 Å². The number of carbonyl (C=O) groups excluding carboxylic acids is 3. The smallest absolute Gasteiger partial charge is 0.315 e. The maximum Gasteiger partial charge on any atom is 0.315 e. The lowest BCUT2D eigenvalue weighted by Gasteiger charge is -2.34. The molecule has 1 aliphatic heterocycles. The Morgan fingerprint density at radius 2 is 1.95 bits per heavy atom. The third-order valence-electron chi connectivity index (χ3n) is 3.95. The van der Waals surface area contributed by atoms with Gasteiger partial charge in [0.2, 0.25) is 11.8 Å². The molecule has 4 amide bonds. The summed E-state index contributed by atoms with van der Waals surface area (Å²) in [7, 11) is 3.25. The van der Waals surface area contributed by atoms with Crippen molar-refractivity contribution in [1.29, 1.82) is 0 Å². The van der Waals surface area contributed by atoms with E-state index in [1.54, 1.807) is 23.8 Å². The van der Waals surface area contributed by atoms with E-state index in [-0.39, 0.29) is 17.8 Å². The number of rotatable bonds is 5. The van der Waals surface area contributed by atoms with Crippen LogP contribution in [0.2, 0.25) is 0 Å². The molecule has 1 atom stereocenters. The predicted molar refractivity (Wildman–Crippen MR) is 84.2 cm³/mol. The lowest BCUT2D eigenvalue weighted by Crippen LogP contribution is -2.49. The Morgan fingerprint density at radius 3 is 2.45 bits per heavy atom. The van der Waals surface area contributed by atoms with Gasteiger partial charge < -0.3 is 20.4 Å². The maximum absolute atomic E-state index is 12.2. The average Bonchev–Trinajstić information content (AvgIpc) is 2.53. The van der Waals surface area contributed by atoms with Crippen molar-refractivity contribution in [2.24, 2.45) is 5.92 Å². The van der Waals surface area contributed by atoms with Gasteiger partial charge in [0.15, 0.2) is 0 Å². The topological polar surface area (TPSA) is 81.8 Å². The molecule has 7 heteroatoms. The summed E-state index contributed by atoms with van der Waals surface area (Å²) in [5.74, 6) is 0.217. The molecular formula is C15H26N4O3. The molecule has 1 aliphatic rings. The molecule has 0 unspecified atom stereocenters. The molecule has 0 aromatic rings. The number of urea groups is 1. The molecule has 1 fully saturated rings. The molecule has 7 nitrogen and oxygen atoms in total. The van der Waals surface area contributed by atoms with Crippen LogP contribution in [0.4, 0.5) is 4.79 Å². The first kappa shape index (κ1) is 18.0. The molecule has 124 valence electrons. The van der Waals surface area contributed by atoms with E-state index in [9.17, 15) is 14.4 Å². The molecule has 0 radical (unpaired) electrons. The number of amides is 4. The van der Waals surface area contributed by atoms with Crippen LogP contribution in [-0.2, 0) is 9.59 Å². The van der Waals surface area contributed by atoms with Crippen molar-refractivity contribution in [1.82, 2.24) is 20.4 Å². The van der Waals surface area contributed by atoms with E-state index >= 15 is 0 Å². The molecule has 1 heterocycles. The third-order valence-corrected chi connectivity index (χ3v) is 3.95. The van der Waals surface area contributed by atoms with Gasteiger partial charge in [-0.1, -0.05) is 6.58 Å². The highest BCUT2D eigenvalue weighted by atomic mass is 16.2. The van der Waals surface area contributed by atoms with Crippen molar-refractivity contribution in [3.05, 3.63) is 12.7 Å². The Kier molecular flexibility index (Phi) is 6.88. The minimum absolute atomic E-state index is 0.0359. The fraction of sp³-hybridized carbons (Fsp3) is 0.667. The highest BCUT2D eigenvalue weighted by Crippen LogP contribution is 2.18. The largest absolute Gasteiger partial charge is 0.344 e. The minimum atomic E-state index is -0.563. The number of likely N-dealkylation sites (N-methyl/N-ethyl adjacent to an activating group) is 1. The van der Waals surface area contributed by atoms with Gasteiger partial charge in [-0.3, -0.25) is 9.59 Å². The molecule has 0 saturated carbocycles. The van der Waals surface area contributed by atoms with Crippen molar-refractivity contribution in [2.45, 2.75) is 25.8 Å². The van der Waals surface area contributed by atoms with E-state index in [1.165, 1.54) is 13.1 Å². The van der Waals surface area contributed by atoms with E-state index in [1.807, 2.05) is 0 Å². The van der Waals surface area contributed by atoms with Crippen molar-refractivity contribution in [2.75, 3.05) is 33.7 Å². The Balaban J connectivity index is 2.41. The van der Waals surface area contributed by atoms with Gasteiger partial charge in [0.05, 0.1) is 0 Å². The number of nitrogens with one attached hydrogen (secondary N) is 2. The van der Waals surface area contributed by atoms with Crippen LogP contribution in [0.5, 0.6) is 0 Å². The molecular weight excluding hydrogens is 284 g/mol. The summed E-state index contributed by atoms with van der Waals surface area (Å²) in [6.45, 7) is 7.19. The van der Waals surface area contributed by atoms with Crippen molar-refractivity contribution in [3.8, 4) is 0 Å². The van der Waals surface area contributed by atoms with Gasteiger partial charge >= 0.3 is 6.03 Å². The Morgan fingerprint density at radius 1 is 1.36 bits per heavy atom. The molecule has 22 heavy (non-hydrogen) atoms. The summed E-state index contributed by atoms with van der Waals surface area (Å²) in [5, 5.41) is 5.00. The molecule has 0 aromatic carbocycles. The van der Waals surface area contributed by atoms with Crippen LogP contribution in [0.25, 0.3) is 0 Å². The van der Waals surface area contributed by atoms with Crippen molar-refractivity contribution in [3.63, 3.8) is 0 Å². The highest BCUT2D eigenvalue weighted by Gasteiger charge is 2.25. The fourth-order valence-corrected chi connectivity index (χ4v) is 2.60. The van der Waals surface area contributed by atoms with Gasteiger partial charge in [-0.2, -0.15) is 0 Å².